The van der Waals surface area contributed by atoms with Gasteiger partial charge in [-0.3, -0.25) is 33.8 Å². The number of rotatable bonds is 8. The largest absolute Gasteiger partial charge is 0.372 e. The molecule has 4 aromatic rings. The Morgan fingerprint density at radius 1 is 0.968 bits per heavy atom. The number of aliphatic imine (C=N–C) groups is 2. The highest BCUT2D eigenvalue weighted by Gasteiger charge is 2.37. The van der Waals surface area contributed by atoms with Crippen molar-refractivity contribution in [1.82, 2.24) is 34.3 Å². The van der Waals surface area contributed by atoms with Gasteiger partial charge >= 0.3 is 5.69 Å². The lowest BCUT2D eigenvalue weighted by molar-refractivity contribution is -0.135. The molecule has 3 amide bonds. The van der Waals surface area contributed by atoms with Gasteiger partial charge in [-0.15, -0.1) is 0 Å². The number of hydrogen-bond acceptors (Lipinski definition) is 10. The summed E-state index contributed by atoms with van der Waals surface area (Å²) in [7, 11) is 1.69. The van der Waals surface area contributed by atoms with Crippen molar-refractivity contribution in [3.8, 4) is 11.8 Å². The number of hydrogen-bond donors (Lipinski definition) is 2. The first-order chi connectivity index (χ1) is 30.4. The Morgan fingerprint density at radius 3 is 2.46 bits per heavy atom. The Balaban J connectivity index is 0.763. The van der Waals surface area contributed by atoms with Gasteiger partial charge in [0.05, 0.1) is 46.1 Å². The molecule has 4 atom stereocenters. The van der Waals surface area contributed by atoms with E-state index >= 15 is 0 Å². The third-order valence-corrected chi connectivity index (χ3v) is 13.5. The number of alkyl halides is 2. The second-order valence-electron chi connectivity index (χ2n) is 18.0. The number of anilines is 1. The van der Waals surface area contributed by atoms with E-state index in [1.807, 2.05) is 44.2 Å². The second kappa shape index (κ2) is 17.8. The Hall–Kier alpha value is -5.73. The smallest absolute Gasteiger partial charge is 0.329 e. The number of carbonyl (C=O) groups excluding carboxylic acids is 3. The number of pyridine rings is 1. The molecule has 0 radical (unpaired) electrons. The minimum absolute atomic E-state index is 0.0239. The third kappa shape index (κ3) is 8.80. The zero-order valence-electron chi connectivity index (χ0n) is 35.9. The third-order valence-electron chi connectivity index (χ3n) is 13.5. The Bertz CT molecular complexity index is 2590. The molecule has 9 rings (SSSR count). The van der Waals surface area contributed by atoms with Crippen LogP contribution in [0.5, 0.6) is 0 Å². The van der Waals surface area contributed by atoms with E-state index in [-0.39, 0.29) is 54.0 Å². The molecule has 0 spiro atoms. The van der Waals surface area contributed by atoms with Crippen LogP contribution in [-0.4, -0.2) is 110 Å². The van der Waals surface area contributed by atoms with Gasteiger partial charge in [0.25, 0.3) is 12.3 Å². The van der Waals surface area contributed by atoms with E-state index in [0.717, 1.165) is 75.8 Å². The van der Waals surface area contributed by atoms with Crippen LogP contribution in [0, 0.1) is 29.6 Å². The zero-order valence-corrected chi connectivity index (χ0v) is 35.9. The number of aromatic nitrogens is 4. The van der Waals surface area contributed by atoms with Crippen LogP contribution in [-0.2, 0) is 21.4 Å². The van der Waals surface area contributed by atoms with Gasteiger partial charge in [0, 0.05) is 57.3 Å². The number of imide groups is 1. The molecule has 2 N–H and O–H groups in total. The number of ether oxygens (including phenoxy) is 1. The van der Waals surface area contributed by atoms with Crippen LogP contribution in [0.25, 0.3) is 16.6 Å². The molecule has 1 saturated carbocycles. The molecule has 3 saturated heterocycles. The number of piperidine rings is 2. The van der Waals surface area contributed by atoms with Crippen LogP contribution in [0.4, 0.5) is 14.5 Å². The molecule has 1 aliphatic carbocycles. The summed E-state index contributed by atoms with van der Waals surface area (Å²) in [5.41, 5.74) is 3.03. The molecule has 7 heterocycles. The summed E-state index contributed by atoms with van der Waals surface area (Å²) in [5, 5.41) is 9.36. The van der Waals surface area contributed by atoms with Crippen molar-refractivity contribution in [1.29, 1.82) is 0 Å². The number of likely N-dealkylation sites (tertiary alicyclic amines) is 1. The monoisotopic (exact) mass is 864 g/mol. The molecule has 17 heteroatoms. The highest BCUT2D eigenvalue weighted by atomic mass is 19.3. The fourth-order valence-corrected chi connectivity index (χ4v) is 10.3. The first kappa shape index (κ1) is 42.6. The normalized spacial score (nSPS) is 26.2. The number of carbonyl (C=O) groups is 3. The molecular weight excluding hydrogens is 811 g/mol. The standard InChI is InChI=1S/C46H54F2N10O5/c1-27-24-56(25-28(2)63-27)33-18-21-57-37(22-33)34(23-49-57)44(60)53-43-39(41(47)48)51-42(52-43)32-12-10-30(11-13-32)26-55-19-16-29(17-20-55)6-4-7-31-8-5-9-35-40(31)54(3)46(62)58(35)36-14-15-38(59)50-45(36)61/h5,8-9,18,21-23,27-30,32,36,41-42H,6,10-17,19-20,24-26H2,1-3H3,(H,50,59,61)(H,52,53,60)/t27-,28+,30-,32-,36?,42?. The summed E-state index contributed by atoms with van der Waals surface area (Å²) in [4.78, 5) is 64.9. The van der Waals surface area contributed by atoms with Gasteiger partial charge in [-0.1, -0.05) is 17.9 Å². The molecular formula is C46H54F2N10O5. The zero-order chi connectivity index (χ0) is 43.9. The van der Waals surface area contributed by atoms with Crippen molar-refractivity contribution in [2.75, 3.05) is 37.6 Å². The van der Waals surface area contributed by atoms with Crippen molar-refractivity contribution in [2.24, 2.45) is 34.8 Å². The van der Waals surface area contributed by atoms with E-state index in [9.17, 15) is 28.0 Å². The topological polar surface area (TPSA) is 160 Å². The minimum Gasteiger partial charge on any atom is -0.372 e. The predicted octanol–water partition coefficient (Wildman–Crippen LogP) is 4.71. The van der Waals surface area contributed by atoms with Gasteiger partial charge in [-0.2, -0.15) is 5.10 Å². The summed E-state index contributed by atoms with van der Waals surface area (Å²) in [6.07, 6.45) is 6.73. The minimum atomic E-state index is -2.87. The van der Waals surface area contributed by atoms with E-state index in [2.05, 4.69) is 47.4 Å². The van der Waals surface area contributed by atoms with Crippen molar-refractivity contribution < 1.29 is 27.9 Å². The summed E-state index contributed by atoms with van der Waals surface area (Å²) in [6, 6.07) is 8.66. The molecule has 4 fully saturated rings. The lowest BCUT2D eigenvalue weighted by Gasteiger charge is -2.36. The van der Waals surface area contributed by atoms with Crippen LogP contribution in [0.15, 0.2) is 57.5 Å². The summed E-state index contributed by atoms with van der Waals surface area (Å²) < 4.78 is 39.1. The second-order valence-corrected chi connectivity index (χ2v) is 18.0. The number of halogens is 2. The van der Waals surface area contributed by atoms with Gasteiger partial charge in [-0.05, 0) is 108 Å². The molecule has 15 nitrogen and oxygen atoms in total. The van der Waals surface area contributed by atoms with Crippen LogP contribution in [0.3, 0.4) is 0 Å². The molecule has 3 aromatic heterocycles. The Morgan fingerprint density at radius 2 is 1.73 bits per heavy atom. The highest BCUT2D eigenvalue weighted by molar-refractivity contribution is 6.46. The molecule has 63 heavy (non-hydrogen) atoms. The van der Waals surface area contributed by atoms with E-state index in [4.69, 9.17) is 4.74 Å². The number of fused-ring (bicyclic) bond motifs is 2. The molecule has 2 unspecified atom stereocenters. The first-order valence-electron chi connectivity index (χ1n) is 22.3. The van der Waals surface area contributed by atoms with Gasteiger partial charge in [0.15, 0.2) is 5.84 Å². The number of amides is 3. The quantitative estimate of drug-likeness (QED) is 0.190. The fraction of sp³-hybridized carbons (Fsp3) is 0.543. The molecule has 0 bridgehead atoms. The van der Waals surface area contributed by atoms with Crippen LogP contribution >= 0.6 is 0 Å². The SMILES string of the molecule is C[C@@H]1CN(c2ccn3ncc(C(=O)NC4=NC([C@H]5CC[C@H](CN6CCC(CC#Cc7cccc8c7n(C)c(=O)n8C7CCC(=O)NC7=O)CC6)CC5)N=C4C(F)F)c3c2)C[C@H](C)O1. The highest BCUT2D eigenvalue weighted by Crippen LogP contribution is 2.36. The molecule has 332 valence electrons. The van der Waals surface area contributed by atoms with Gasteiger partial charge in [0.1, 0.15) is 17.9 Å². The maximum atomic E-state index is 14.3. The number of amidine groups is 1. The lowest BCUT2D eigenvalue weighted by atomic mass is 9.80. The van der Waals surface area contributed by atoms with Crippen LogP contribution in [0.1, 0.15) is 93.6 Å². The average molecular weight is 865 g/mol. The molecule has 4 aliphatic heterocycles. The number of imidazole rings is 1. The van der Waals surface area contributed by atoms with Crippen LogP contribution < -0.4 is 21.2 Å². The number of nitrogens with one attached hydrogen (secondary N) is 2. The average Bonchev–Trinajstić information content (AvgIpc) is 3.96. The first-order valence-corrected chi connectivity index (χ1v) is 22.3. The van der Waals surface area contributed by atoms with E-state index in [1.165, 1.54) is 15.3 Å². The number of aryl methyl sites for hydroxylation is 1. The van der Waals surface area contributed by atoms with Gasteiger partial charge in [-0.25, -0.2) is 23.1 Å². The number of morpholine rings is 1. The maximum absolute atomic E-state index is 14.3. The molecule has 1 aromatic carbocycles. The van der Waals surface area contributed by atoms with Crippen molar-refractivity contribution >= 4 is 51.5 Å². The van der Waals surface area contributed by atoms with Gasteiger partial charge < -0.3 is 19.9 Å². The van der Waals surface area contributed by atoms with E-state index < -0.39 is 36.2 Å². The lowest BCUT2D eigenvalue weighted by Crippen LogP contribution is -2.45. The van der Waals surface area contributed by atoms with Crippen molar-refractivity contribution in [2.45, 2.75) is 102 Å². The van der Waals surface area contributed by atoms with Crippen LogP contribution in [0.2, 0.25) is 0 Å². The van der Waals surface area contributed by atoms with E-state index in [1.54, 1.807) is 17.8 Å². The number of nitrogens with zero attached hydrogens (tertiary/aromatic N) is 8. The van der Waals surface area contributed by atoms with Crippen molar-refractivity contribution in [3.05, 3.63) is 64.3 Å². The Labute approximate surface area is 363 Å². The Kier molecular flexibility index (Phi) is 12.0. The fourth-order valence-electron chi connectivity index (χ4n) is 10.3. The van der Waals surface area contributed by atoms with Crippen molar-refractivity contribution in [3.63, 3.8) is 0 Å². The molecule has 5 aliphatic rings. The number of para-hydroxylation sites is 1. The van der Waals surface area contributed by atoms with E-state index in [0.29, 0.717) is 41.5 Å². The van der Waals surface area contributed by atoms with Gasteiger partial charge in [0.2, 0.25) is 11.8 Å². The number of benzene rings is 1. The predicted molar refractivity (Wildman–Crippen MR) is 234 cm³/mol. The maximum Gasteiger partial charge on any atom is 0.329 e. The summed E-state index contributed by atoms with van der Waals surface area (Å²) in [6.45, 7) is 8.45. The summed E-state index contributed by atoms with van der Waals surface area (Å²) in [5.74, 6) is 6.18. The summed E-state index contributed by atoms with van der Waals surface area (Å²) >= 11 is 0.